The Morgan fingerprint density at radius 1 is 1.04 bits per heavy atom. The molecule has 0 unspecified atom stereocenters. The summed E-state index contributed by atoms with van der Waals surface area (Å²) in [5.74, 6) is -1.84. The van der Waals surface area contributed by atoms with E-state index in [1.807, 2.05) is 0 Å². The average Bonchev–Trinajstić information content (AvgIpc) is 2.53. The largest absolute Gasteiger partial charge is 0.451 e. The number of hydrogen-bond acceptors (Lipinski definition) is 5. The molecule has 0 spiro atoms. The van der Waals surface area contributed by atoms with Gasteiger partial charge in [-0.1, -0.05) is 0 Å². The van der Waals surface area contributed by atoms with Crippen LogP contribution in [0.2, 0.25) is 0 Å². The zero-order chi connectivity index (χ0) is 17.7. The molecule has 0 N–H and O–H groups in total. The van der Waals surface area contributed by atoms with E-state index in [9.17, 15) is 17.6 Å². The molecule has 5 nitrogen and oxygen atoms in total. The number of anilines is 1. The Balaban J connectivity index is 2.59. The van der Waals surface area contributed by atoms with Gasteiger partial charge in [0, 0.05) is 32.7 Å². The quantitative estimate of drug-likeness (QED) is 0.721. The van der Waals surface area contributed by atoms with Gasteiger partial charge < -0.3 is 14.4 Å². The molecule has 0 aliphatic carbocycles. The highest BCUT2D eigenvalue weighted by Gasteiger charge is 2.36. The molecule has 0 fully saturated rings. The van der Waals surface area contributed by atoms with Crippen LogP contribution in [0.4, 0.5) is 23.4 Å². The fourth-order valence-electron chi connectivity index (χ4n) is 2.18. The smallest absolute Gasteiger partial charge is 0.383 e. The summed E-state index contributed by atoms with van der Waals surface area (Å²) in [6.07, 6.45) is -4.70. The summed E-state index contributed by atoms with van der Waals surface area (Å²) >= 11 is 0. The molecule has 1 heterocycles. The Morgan fingerprint density at radius 3 is 2.21 bits per heavy atom. The Kier molecular flexibility index (Phi) is 5.89. The minimum Gasteiger partial charge on any atom is -0.383 e. The number of halogens is 4. The zero-order valence-electron chi connectivity index (χ0n) is 13.2. The van der Waals surface area contributed by atoms with Gasteiger partial charge in [0.2, 0.25) is 5.82 Å². The number of rotatable bonds is 7. The van der Waals surface area contributed by atoms with Crippen LogP contribution in [0.1, 0.15) is 5.82 Å². The first-order chi connectivity index (χ1) is 11.4. The molecule has 132 valence electrons. The van der Waals surface area contributed by atoms with Gasteiger partial charge in [-0.15, -0.1) is 0 Å². The minimum absolute atomic E-state index is 0.000856. The molecule has 2 aromatic rings. The highest BCUT2D eigenvalue weighted by molar-refractivity contribution is 5.89. The van der Waals surface area contributed by atoms with Gasteiger partial charge in [0.05, 0.1) is 18.7 Å². The fraction of sp³-hybridized carbons (Fsp3) is 0.467. The van der Waals surface area contributed by atoms with E-state index in [0.29, 0.717) is 0 Å². The average molecular weight is 347 g/mol. The van der Waals surface area contributed by atoms with Gasteiger partial charge in [-0.2, -0.15) is 13.2 Å². The number of ether oxygens (including phenoxy) is 2. The molecule has 9 heteroatoms. The second-order valence-corrected chi connectivity index (χ2v) is 5.00. The van der Waals surface area contributed by atoms with Gasteiger partial charge >= 0.3 is 6.18 Å². The molecule has 0 aliphatic heterocycles. The van der Waals surface area contributed by atoms with E-state index in [2.05, 4.69) is 9.97 Å². The summed E-state index contributed by atoms with van der Waals surface area (Å²) < 4.78 is 62.8. The third-order valence-corrected chi connectivity index (χ3v) is 3.32. The van der Waals surface area contributed by atoms with Crippen molar-refractivity contribution < 1.29 is 27.0 Å². The lowest BCUT2D eigenvalue weighted by atomic mass is 10.2. The summed E-state index contributed by atoms with van der Waals surface area (Å²) in [6.45, 7) is 1.09. The monoisotopic (exact) mass is 347 g/mol. The van der Waals surface area contributed by atoms with Gasteiger partial charge in [-0.25, -0.2) is 14.4 Å². The standard InChI is InChI=1S/C15H17F4N3O2/c1-23-7-5-22(6-8-24-2)13-11-9-10(16)3-4-12(11)20-14(21-13)15(17,18)19/h3-4,9H,5-8H2,1-2H3. The lowest BCUT2D eigenvalue weighted by Gasteiger charge is -2.25. The van der Waals surface area contributed by atoms with Crippen molar-refractivity contribution in [1.82, 2.24) is 9.97 Å². The molecule has 24 heavy (non-hydrogen) atoms. The third-order valence-electron chi connectivity index (χ3n) is 3.32. The van der Waals surface area contributed by atoms with Crippen LogP contribution < -0.4 is 4.90 Å². The van der Waals surface area contributed by atoms with E-state index < -0.39 is 17.8 Å². The molecular weight excluding hydrogens is 330 g/mol. The van der Waals surface area contributed by atoms with Gasteiger partial charge in [-0.05, 0) is 18.2 Å². The Hall–Kier alpha value is -2.00. The van der Waals surface area contributed by atoms with Crippen LogP contribution in [0.25, 0.3) is 10.9 Å². The van der Waals surface area contributed by atoms with Crippen molar-refractivity contribution in [3.05, 3.63) is 29.8 Å². The maximum absolute atomic E-state index is 13.6. The molecule has 0 aliphatic rings. The molecule has 0 saturated carbocycles. The molecule has 0 radical (unpaired) electrons. The molecule has 0 atom stereocenters. The second kappa shape index (κ2) is 7.71. The highest BCUT2D eigenvalue weighted by Crippen LogP contribution is 2.32. The van der Waals surface area contributed by atoms with Gasteiger partial charge in [0.25, 0.3) is 0 Å². The number of aromatic nitrogens is 2. The van der Waals surface area contributed by atoms with E-state index >= 15 is 0 Å². The van der Waals surface area contributed by atoms with Crippen molar-refractivity contribution >= 4 is 16.7 Å². The first-order valence-electron chi connectivity index (χ1n) is 7.14. The van der Waals surface area contributed by atoms with Crippen LogP contribution in [0.5, 0.6) is 0 Å². The van der Waals surface area contributed by atoms with E-state index in [4.69, 9.17) is 9.47 Å². The van der Waals surface area contributed by atoms with Crippen molar-refractivity contribution in [1.29, 1.82) is 0 Å². The summed E-state index contributed by atoms with van der Waals surface area (Å²) in [6, 6.07) is 3.39. The number of alkyl halides is 3. The van der Waals surface area contributed by atoms with E-state index in [-0.39, 0.29) is 43.0 Å². The summed E-state index contributed by atoms with van der Waals surface area (Å²) in [4.78, 5) is 8.69. The van der Waals surface area contributed by atoms with Crippen LogP contribution in [0.15, 0.2) is 18.2 Å². The molecular formula is C15H17F4N3O2. The van der Waals surface area contributed by atoms with Crippen molar-refractivity contribution in [2.75, 3.05) is 45.4 Å². The Bertz CT molecular complexity index is 686. The first kappa shape index (κ1) is 18.3. The molecule has 1 aromatic heterocycles. The van der Waals surface area contributed by atoms with Gasteiger partial charge in [0.15, 0.2) is 0 Å². The van der Waals surface area contributed by atoms with Gasteiger partial charge in [-0.3, -0.25) is 0 Å². The number of methoxy groups -OCH3 is 2. The summed E-state index contributed by atoms with van der Waals surface area (Å²) in [5.41, 5.74) is 0.0218. The third kappa shape index (κ3) is 4.30. The number of hydrogen-bond donors (Lipinski definition) is 0. The van der Waals surface area contributed by atoms with Crippen molar-refractivity contribution in [2.45, 2.75) is 6.18 Å². The van der Waals surface area contributed by atoms with Crippen molar-refractivity contribution in [3.8, 4) is 0 Å². The van der Waals surface area contributed by atoms with Crippen LogP contribution in [0.3, 0.4) is 0 Å². The molecule has 1 aromatic carbocycles. The maximum Gasteiger partial charge on any atom is 0.451 e. The predicted octanol–water partition coefficient (Wildman–Crippen LogP) is 2.89. The highest BCUT2D eigenvalue weighted by atomic mass is 19.4. The van der Waals surface area contributed by atoms with Crippen molar-refractivity contribution in [2.24, 2.45) is 0 Å². The van der Waals surface area contributed by atoms with Crippen molar-refractivity contribution in [3.63, 3.8) is 0 Å². The number of nitrogens with zero attached hydrogens (tertiary/aromatic N) is 3. The normalized spacial score (nSPS) is 11.9. The topological polar surface area (TPSA) is 47.5 Å². The van der Waals surface area contributed by atoms with Crippen LogP contribution >= 0.6 is 0 Å². The maximum atomic E-state index is 13.6. The van der Waals surface area contributed by atoms with E-state index in [1.165, 1.54) is 20.3 Å². The second-order valence-electron chi connectivity index (χ2n) is 5.00. The molecule has 0 amide bonds. The fourth-order valence-corrected chi connectivity index (χ4v) is 2.18. The van der Waals surface area contributed by atoms with Crippen LogP contribution in [0, 0.1) is 5.82 Å². The van der Waals surface area contributed by atoms with Gasteiger partial charge in [0.1, 0.15) is 11.6 Å². The van der Waals surface area contributed by atoms with E-state index in [1.54, 1.807) is 4.90 Å². The van der Waals surface area contributed by atoms with E-state index in [0.717, 1.165) is 12.1 Å². The molecule has 0 saturated heterocycles. The summed E-state index contributed by atoms with van der Waals surface area (Å²) in [5, 5.41) is 0.204. The minimum atomic E-state index is -4.70. The Labute approximate surface area is 136 Å². The summed E-state index contributed by atoms with van der Waals surface area (Å²) in [7, 11) is 2.96. The number of fused-ring (bicyclic) bond motifs is 1. The zero-order valence-corrected chi connectivity index (χ0v) is 13.2. The molecule has 0 bridgehead atoms. The number of benzene rings is 1. The lowest BCUT2D eigenvalue weighted by molar-refractivity contribution is -0.144. The predicted molar refractivity (Wildman–Crippen MR) is 80.5 cm³/mol. The van der Waals surface area contributed by atoms with Crippen LogP contribution in [-0.2, 0) is 15.7 Å². The Morgan fingerprint density at radius 2 is 1.67 bits per heavy atom. The SMILES string of the molecule is COCCN(CCOC)c1nc(C(F)(F)F)nc2ccc(F)cc12. The lowest BCUT2D eigenvalue weighted by Crippen LogP contribution is -2.32. The van der Waals surface area contributed by atoms with Crippen LogP contribution in [-0.4, -0.2) is 50.5 Å². The molecule has 2 rings (SSSR count). The first-order valence-corrected chi connectivity index (χ1v) is 7.14.